The first-order valence-electron chi connectivity index (χ1n) is 6.03. The molecule has 0 aliphatic rings. The Labute approximate surface area is 102 Å². The van der Waals surface area contributed by atoms with Crippen molar-refractivity contribution in [3.8, 4) is 0 Å². The van der Waals surface area contributed by atoms with Gasteiger partial charge in [0, 0.05) is 25.8 Å². The summed E-state index contributed by atoms with van der Waals surface area (Å²) in [6.45, 7) is 5.97. The average molecular weight is 240 g/mol. The molecule has 5 heteroatoms. The minimum Gasteiger partial charge on any atom is -0.381 e. The Bertz CT molecular complexity index is 336. The molecule has 0 aromatic carbocycles. The van der Waals surface area contributed by atoms with E-state index in [9.17, 15) is 4.79 Å². The van der Waals surface area contributed by atoms with Gasteiger partial charge in [-0.15, -0.1) is 0 Å². The Morgan fingerprint density at radius 2 is 2.24 bits per heavy atom. The molecular weight excluding hydrogens is 220 g/mol. The zero-order valence-corrected chi connectivity index (χ0v) is 10.5. The summed E-state index contributed by atoms with van der Waals surface area (Å²) >= 11 is 0. The van der Waals surface area contributed by atoms with Crippen molar-refractivity contribution in [2.24, 2.45) is 0 Å². The van der Waals surface area contributed by atoms with Crippen molar-refractivity contribution in [1.29, 1.82) is 0 Å². The highest BCUT2D eigenvalue weighted by molar-refractivity contribution is 5.91. The fourth-order valence-corrected chi connectivity index (χ4v) is 1.28. The third-order valence-electron chi connectivity index (χ3n) is 2.24. The Morgan fingerprint density at radius 3 is 2.88 bits per heavy atom. The molecule has 0 saturated carbocycles. The zero-order chi connectivity index (χ0) is 12.5. The summed E-state index contributed by atoms with van der Waals surface area (Å²) in [7, 11) is 0. The van der Waals surface area contributed by atoms with E-state index in [4.69, 9.17) is 9.26 Å². The highest BCUT2D eigenvalue weighted by atomic mass is 16.5. The number of unbranched alkanes of at least 4 members (excludes halogenated alkanes) is 1. The summed E-state index contributed by atoms with van der Waals surface area (Å²) < 4.78 is 10.2. The number of nitrogens with zero attached hydrogens (tertiary/aromatic N) is 1. The van der Waals surface area contributed by atoms with E-state index in [0.29, 0.717) is 18.8 Å². The van der Waals surface area contributed by atoms with E-state index < -0.39 is 0 Å². The molecule has 1 N–H and O–H groups in total. The van der Waals surface area contributed by atoms with Gasteiger partial charge in [-0.1, -0.05) is 18.5 Å². The van der Waals surface area contributed by atoms with Crippen LogP contribution in [0.2, 0.25) is 0 Å². The van der Waals surface area contributed by atoms with Gasteiger partial charge in [-0.05, 0) is 19.8 Å². The molecule has 0 aliphatic carbocycles. The Morgan fingerprint density at radius 1 is 1.47 bits per heavy atom. The number of carbonyl (C=O) groups excluding carboxylic acids is 1. The van der Waals surface area contributed by atoms with E-state index in [-0.39, 0.29) is 11.7 Å². The fraction of sp³-hybridized carbons (Fsp3) is 0.667. The zero-order valence-electron chi connectivity index (χ0n) is 10.5. The number of amides is 1. The molecule has 0 saturated heterocycles. The quantitative estimate of drug-likeness (QED) is 0.705. The van der Waals surface area contributed by atoms with Gasteiger partial charge in [-0.2, -0.15) is 0 Å². The minimum atomic E-state index is -0.223. The highest BCUT2D eigenvalue weighted by Gasteiger charge is 2.09. The van der Waals surface area contributed by atoms with Crippen LogP contribution in [0.5, 0.6) is 0 Å². The van der Waals surface area contributed by atoms with Crippen LogP contribution >= 0.6 is 0 Å². The van der Waals surface area contributed by atoms with E-state index in [2.05, 4.69) is 17.4 Å². The van der Waals surface area contributed by atoms with Gasteiger partial charge in [0.05, 0.1) is 5.69 Å². The summed E-state index contributed by atoms with van der Waals surface area (Å²) in [6.07, 6.45) is 3.04. The fourth-order valence-electron chi connectivity index (χ4n) is 1.28. The summed E-state index contributed by atoms with van der Waals surface area (Å²) in [6, 6.07) is 1.62. The molecule has 1 rings (SSSR count). The number of aryl methyl sites for hydroxylation is 1. The van der Waals surface area contributed by atoms with Gasteiger partial charge in [0.1, 0.15) is 0 Å². The van der Waals surface area contributed by atoms with Crippen molar-refractivity contribution in [2.45, 2.75) is 33.1 Å². The maximum atomic E-state index is 11.5. The number of hydrogen-bond donors (Lipinski definition) is 1. The molecule has 5 nitrogen and oxygen atoms in total. The molecular formula is C12H20N2O3. The molecule has 96 valence electrons. The summed E-state index contributed by atoms with van der Waals surface area (Å²) in [5.41, 5.74) is 0.707. The molecule has 0 atom stereocenters. The molecule has 0 spiro atoms. The second-order valence-corrected chi connectivity index (χ2v) is 3.91. The molecule has 0 radical (unpaired) electrons. The highest BCUT2D eigenvalue weighted by Crippen LogP contribution is 2.01. The first-order valence-corrected chi connectivity index (χ1v) is 6.03. The van der Waals surface area contributed by atoms with Crippen LogP contribution in [-0.4, -0.2) is 30.8 Å². The number of hydrogen-bond acceptors (Lipinski definition) is 4. The Hall–Kier alpha value is -1.36. The molecule has 1 amide bonds. The summed E-state index contributed by atoms with van der Waals surface area (Å²) in [4.78, 5) is 11.5. The molecule has 0 aliphatic heterocycles. The Balaban J connectivity index is 2.05. The van der Waals surface area contributed by atoms with E-state index in [1.165, 1.54) is 0 Å². The van der Waals surface area contributed by atoms with Gasteiger partial charge in [-0.3, -0.25) is 4.79 Å². The first kappa shape index (κ1) is 13.7. The maximum absolute atomic E-state index is 11.5. The number of rotatable bonds is 8. The number of nitrogens with one attached hydrogen (secondary N) is 1. The molecule has 1 aromatic rings. The Kier molecular flexibility index (Phi) is 6.32. The van der Waals surface area contributed by atoms with Crippen LogP contribution < -0.4 is 5.32 Å². The predicted octanol–water partition coefficient (Wildman–Crippen LogP) is 1.92. The third kappa shape index (κ3) is 5.49. The average Bonchev–Trinajstić information content (AvgIpc) is 2.74. The second-order valence-electron chi connectivity index (χ2n) is 3.91. The van der Waals surface area contributed by atoms with Gasteiger partial charge < -0.3 is 14.6 Å². The SMILES string of the molecule is CCCCOCCCNC(=O)c1cc(C)no1. The molecule has 1 aromatic heterocycles. The van der Waals surface area contributed by atoms with Crippen molar-refractivity contribution in [1.82, 2.24) is 10.5 Å². The van der Waals surface area contributed by atoms with E-state index in [1.54, 1.807) is 13.0 Å². The van der Waals surface area contributed by atoms with Crippen LogP contribution in [0, 0.1) is 6.92 Å². The molecule has 1 heterocycles. The maximum Gasteiger partial charge on any atom is 0.289 e. The topological polar surface area (TPSA) is 64.4 Å². The number of carbonyl (C=O) groups is 1. The van der Waals surface area contributed by atoms with Gasteiger partial charge in [0.2, 0.25) is 5.76 Å². The lowest BCUT2D eigenvalue weighted by Gasteiger charge is -2.04. The normalized spacial score (nSPS) is 10.5. The van der Waals surface area contributed by atoms with Crippen LogP contribution in [0.3, 0.4) is 0 Å². The van der Waals surface area contributed by atoms with Gasteiger partial charge >= 0.3 is 0 Å². The van der Waals surface area contributed by atoms with Crippen LogP contribution in [0.25, 0.3) is 0 Å². The van der Waals surface area contributed by atoms with E-state index in [0.717, 1.165) is 25.9 Å². The second kappa shape index (κ2) is 7.84. The molecule has 17 heavy (non-hydrogen) atoms. The van der Waals surface area contributed by atoms with Crippen molar-refractivity contribution in [3.63, 3.8) is 0 Å². The van der Waals surface area contributed by atoms with Crippen molar-refractivity contribution < 1.29 is 14.1 Å². The van der Waals surface area contributed by atoms with Gasteiger partial charge in [0.25, 0.3) is 5.91 Å². The molecule has 0 bridgehead atoms. The van der Waals surface area contributed by atoms with E-state index >= 15 is 0 Å². The molecule has 0 fully saturated rings. The van der Waals surface area contributed by atoms with E-state index in [1.807, 2.05) is 0 Å². The van der Waals surface area contributed by atoms with Crippen LogP contribution in [0.15, 0.2) is 10.6 Å². The van der Waals surface area contributed by atoms with Crippen LogP contribution in [0.4, 0.5) is 0 Å². The van der Waals surface area contributed by atoms with Crippen LogP contribution in [0.1, 0.15) is 42.4 Å². The summed E-state index contributed by atoms with van der Waals surface area (Å²) in [5.74, 6) is 0.0357. The van der Waals surface area contributed by atoms with Gasteiger partial charge in [0.15, 0.2) is 0 Å². The smallest absolute Gasteiger partial charge is 0.289 e. The van der Waals surface area contributed by atoms with Crippen molar-refractivity contribution >= 4 is 5.91 Å². The standard InChI is InChI=1S/C12H20N2O3/c1-3-4-7-16-8-5-6-13-12(15)11-9-10(2)14-17-11/h9H,3-8H2,1-2H3,(H,13,15). The van der Waals surface area contributed by atoms with Crippen LogP contribution in [-0.2, 0) is 4.74 Å². The summed E-state index contributed by atoms with van der Waals surface area (Å²) in [5, 5.41) is 6.41. The lowest BCUT2D eigenvalue weighted by Crippen LogP contribution is -2.24. The first-order chi connectivity index (χ1) is 8.24. The number of aromatic nitrogens is 1. The predicted molar refractivity (Wildman–Crippen MR) is 63.9 cm³/mol. The number of ether oxygens (including phenoxy) is 1. The molecule has 0 unspecified atom stereocenters. The lowest BCUT2D eigenvalue weighted by atomic mass is 10.3. The third-order valence-corrected chi connectivity index (χ3v) is 2.24. The van der Waals surface area contributed by atoms with Gasteiger partial charge in [-0.25, -0.2) is 0 Å². The van der Waals surface area contributed by atoms with Crippen molar-refractivity contribution in [2.75, 3.05) is 19.8 Å². The monoisotopic (exact) mass is 240 g/mol. The minimum absolute atomic E-state index is 0.223. The van der Waals surface area contributed by atoms with Crippen molar-refractivity contribution in [3.05, 3.63) is 17.5 Å². The largest absolute Gasteiger partial charge is 0.381 e. The lowest BCUT2D eigenvalue weighted by molar-refractivity contribution is 0.0904.